The van der Waals surface area contributed by atoms with Crippen LogP contribution in [0, 0.1) is 11.7 Å². The summed E-state index contributed by atoms with van der Waals surface area (Å²) >= 11 is 0. The summed E-state index contributed by atoms with van der Waals surface area (Å²) in [6.45, 7) is 5.70. The van der Waals surface area contributed by atoms with E-state index in [2.05, 4.69) is 20.9 Å². The molecule has 1 saturated carbocycles. The molecule has 1 aliphatic rings. The lowest BCUT2D eigenvalue weighted by molar-refractivity contribution is 0.0963. The van der Waals surface area contributed by atoms with E-state index in [1.54, 1.807) is 25.2 Å². The first-order valence-electron chi connectivity index (χ1n) is 10.8. The van der Waals surface area contributed by atoms with Gasteiger partial charge >= 0.3 is 0 Å². The van der Waals surface area contributed by atoms with Crippen LogP contribution in [0.15, 0.2) is 47.5 Å². The molecule has 2 aromatic rings. The summed E-state index contributed by atoms with van der Waals surface area (Å²) < 4.78 is 20.0. The van der Waals surface area contributed by atoms with Crippen molar-refractivity contribution in [1.29, 1.82) is 0 Å². The summed E-state index contributed by atoms with van der Waals surface area (Å²) in [6, 6.07) is 12.3. The quantitative estimate of drug-likeness (QED) is 0.244. The summed E-state index contributed by atoms with van der Waals surface area (Å²) in [5.41, 5.74) is 2.41. The van der Waals surface area contributed by atoms with Crippen LogP contribution in [0.5, 0.6) is 5.75 Å². The lowest BCUT2D eigenvalue weighted by Gasteiger charge is -2.19. The molecule has 3 rings (SSSR count). The Balaban J connectivity index is 0.00000363. The van der Waals surface area contributed by atoms with Gasteiger partial charge in [-0.05, 0) is 68.0 Å². The van der Waals surface area contributed by atoms with Crippen molar-refractivity contribution in [2.75, 3.05) is 20.2 Å². The van der Waals surface area contributed by atoms with Crippen molar-refractivity contribution in [3.8, 4) is 5.75 Å². The molecule has 1 fully saturated rings. The standard InChI is InChI=1S/C24H31FN4O2.HI/c1-4-27-24(28-14-17-7-9-19(10-8-17)23(30)26-3)29-16(2)20-11-12-22(21(25)13-20)31-15-18-5-6-18;/h7-13,16,18H,4-6,14-15H2,1-3H3,(H,26,30)(H2,27,28,29);1H. The van der Waals surface area contributed by atoms with Gasteiger partial charge in [0.15, 0.2) is 17.5 Å². The Morgan fingerprint density at radius 2 is 1.94 bits per heavy atom. The fourth-order valence-corrected chi connectivity index (χ4v) is 3.08. The highest BCUT2D eigenvalue weighted by atomic mass is 127. The first-order chi connectivity index (χ1) is 15.0. The Morgan fingerprint density at radius 1 is 1.22 bits per heavy atom. The van der Waals surface area contributed by atoms with Crippen LogP contribution in [0.3, 0.4) is 0 Å². The number of ether oxygens (including phenoxy) is 1. The molecule has 0 radical (unpaired) electrons. The smallest absolute Gasteiger partial charge is 0.251 e. The normalized spacial score (nSPS) is 14.2. The van der Waals surface area contributed by atoms with Crippen LogP contribution in [0.4, 0.5) is 4.39 Å². The van der Waals surface area contributed by atoms with E-state index in [9.17, 15) is 9.18 Å². The van der Waals surface area contributed by atoms with Crippen LogP contribution in [0.1, 0.15) is 54.2 Å². The molecular weight excluding hydrogens is 522 g/mol. The number of nitrogens with one attached hydrogen (secondary N) is 3. The van der Waals surface area contributed by atoms with E-state index in [1.165, 1.54) is 18.9 Å². The summed E-state index contributed by atoms with van der Waals surface area (Å²) in [5.74, 6) is 1.07. The molecule has 2 aromatic carbocycles. The molecule has 0 aliphatic heterocycles. The molecule has 0 saturated heterocycles. The maximum Gasteiger partial charge on any atom is 0.251 e. The van der Waals surface area contributed by atoms with E-state index < -0.39 is 0 Å². The van der Waals surface area contributed by atoms with Gasteiger partial charge in [0.25, 0.3) is 5.91 Å². The number of carbonyl (C=O) groups is 1. The van der Waals surface area contributed by atoms with Crippen molar-refractivity contribution in [2.45, 2.75) is 39.3 Å². The zero-order valence-electron chi connectivity index (χ0n) is 18.8. The number of hydrogen-bond donors (Lipinski definition) is 3. The molecule has 6 nitrogen and oxygen atoms in total. The highest BCUT2D eigenvalue weighted by Gasteiger charge is 2.22. The van der Waals surface area contributed by atoms with Gasteiger partial charge < -0.3 is 20.7 Å². The van der Waals surface area contributed by atoms with E-state index in [-0.39, 0.29) is 41.7 Å². The van der Waals surface area contributed by atoms with E-state index in [4.69, 9.17) is 4.74 Å². The molecule has 1 unspecified atom stereocenters. The fourth-order valence-electron chi connectivity index (χ4n) is 3.08. The molecule has 0 bridgehead atoms. The minimum Gasteiger partial charge on any atom is -0.490 e. The average molecular weight is 554 g/mol. The largest absolute Gasteiger partial charge is 0.490 e. The maximum atomic E-state index is 14.4. The van der Waals surface area contributed by atoms with Crippen LogP contribution in [-0.4, -0.2) is 32.1 Å². The highest BCUT2D eigenvalue weighted by molar-refractivity contribution is 14.0. The molecule has 32 heavy (non-hydrogen) atoms. The predicted molar refractivity (Wildman–Crippen MR) is 136 cm³/mol. The van der Waals surface area contributed by atoms with E-state index >= 15 is 0 Å². The zero-order chi connectivity index (χ0) is 22.2. The van der Waals surface area contributed by atoms with Crippen LogP contribution in [0.2, 0.25) is 0 Å². The van der Waals surface area contributed by atoms with Gasteiger partial charge in [-0.25, -0.2) is 9.38 Å². The molecule has 0 spiro atoms. The van der Waals surface area contributed by atoms with Crippen molar-refractivity contribution in [3.05, 3.63) is 65.0 Å². The van der Waals surface area contributed by atoms with Gasteiger partial charge in [0, 0.05) is 19.2 Å². The molecule has 1 amide bonds. The maximum absolute atomic E-state index is 14.4. The topological polar surface area (TPSA) is 74.8 Å². The third-order valence-electron chi connectivity index (χ3n) is 5.19. The van der Waals surface area contributed by atoms with Gasteiger partial charge in [0.1, 0.15) is 0 Å². The van der Waals surface area contributed by atoms with E-state index in [0.29, 0.717) is 42.9 Å². The first-order valence-corrected chi connectivity index (χ1v) is 10.8. The minimum atomic E-state index is -0.343. The Morgan fingerprint density at radius 3 is 2.53 bits per heavy atom. The third kappa shape index (κ3) is 7.65. The van der Waals surface area contributed by atoms with Gasteiger partial charge in [-0.2, -0.15) is 0 Å². The second-order valence-corrected chi connectivity index (χ2v) is 7.78. The van der Waals surface area contributed by atoms with E-state index in [1.807, 2.05) is 32.0 Å². The zero-order valence-corrected chi connectivity index (χ0v) is 21.1. The summed E-state index contributed by atoms with van der Waals surface area (Å²) in [5, 5.41) is 9.14. The molecular formula is C24H32FIN4O2. The number of guanidine groups is 1. The average Bonchev–Trinajstić information content (AvgIpc) is 3.61. The Bertz CT molecular complexity index is 917. The third-order valence-corrected chi connectivity index (χ3v) is 5.19. The number of aliphatic imine (C=N–C) groups is 1. The second kappa shape index (κ2) is 12.6. The van der Waals surface area contributed by atoms with Crippen LogP contribution in [-0.2, 0) is 6.54 Å². The number of hydrogen-bond acceptors (Lipinski definition) is 3. The highest BCUT2D eigenvalue weighted by Crippen LogP contribution is 2.30. The Kier molecular flexibility index (Phi) is 10.2. The van der Waals surface area contributed by atoms with Gasteiger partial charge in [-0.15, -0.1) is 24.0 Å². The number of halogens is 2. The van der Waals surface area contributed by atoms with Crippen molar-refractivity contribution >= 4 is 35.8 Å². The summed E-state index contributed by atoms with van der Waals surface area (Å²) in [4.78, 5) is 16.3. The van der Waals surface area contributed by atoms with Crippen LogP contribution < -0.4 is 20.7 Å². The molecule has 3 N–H and O–H groups in total. The van der Waals surface area contributed by atoms with Gasteiger partial charge in [0.05, 0.1) is 19.2 Å². The van der Waals surface area contributed by atoms with Crippen molar-refractivity contribution in [3.63, 3.8) is 0 Å². The van der Waals surface area contributed by atoms with Crippen molar-refractivity contribution in [2.24, 2.45) is 10.9 Å². The number of benzene rings is 2. The van der Waals surface area contributed by atoms with Crippen molar-refractivity contribution in [1.82, 2.24) is 16.0 Å². The summed E-state index contributed by atoms with van der Waals surface area (Å²) in [6.07, 6.45) is 2.34. The van der Waals surface area contributed by atoms with Crippen LogP contribution >= 0.6 is 24.0 Å². The monoisotopic (exact) mass is 554 g/mol. The SMILES string of the molecule is CCNC(=NCc1ccc(C(=O)NC)cc1)NC(C)c1ccc(OCC2CC2)c(F)c1.I. The molecule has 1 aliphatic carbocycles. The molecule has 174 valence electrons. The molecule has 8 heteroatoms. The van der Waals surface area contributed by atoms with Gasteiger partial charge in [0.2, 0.25) is 0 Å². The van der Waals surface area contributed by atoms with Gasteiger partial charge in [-0.3, -0.25) is 4.79 Å². The van der Waals surface area contributed by atoms with Crippen molar-refractivity contribution < 1.29 is 13.9 Å². The summed E-state index contributed by atoms with van der Waals surface area (Å²) in [7, 11) is 1.61. The predicted octanol–water partition coefficient (Wildman–Crippen LogP) is 4.41. The minimum absolute atomic E-state index is 0. The Hall–Kier alpha value is -2.36. The van der Waals surface area contributed by atoms with E-state index in [0.717, 1.165) is 11.1 Å². The number of rotatable bonds is 9. The molecule has 0 aromatic heterocycles. The number of amides is 1. The van der Waals surface area contributed by atoms with Crippen LogP contribution in [0.25, 0.3) is 0 Å². The first kappa shape index (κ1) is 25.9. The fraction of sp³-hybridized carbons (Fsp3) is 0.417. The number of carbonyl (C=O) groups excluding carboxylic acids is 1. The molecule has 1 atom stereocenters. The Labute approximate surface area is 206 Å². The number of nitrogens with zero attached hydrogens (tertiary/aromatic N) is 1. The van der Waals surface area contributed by atoms with Gasteiger partial charge in [-0.1, -0.05) is 18.2 Å². The lowest BCUT2D eigenvalue weighted by atomic mass is 10.1. The molecule has 0 heterocycles. The lowest BCUT2D eigenvalue weighted by Crippen LogP contribution is -2.38. The second-order valence-electron chi connectivity index (χ2n) is 7.78.